The maximum absolute atomic E-state index is 13.1. The van der Waals surface area contributed by atoms with Gasteiger partial charge >= 0.3 is 5.97 Å². The summed E-state index contributed by atoms with van der Waals surface area (Å²) in [6, 6.07) is 6.67. The maximum atomic E-state index is 13.1. The molecule has 2 aromatic rings. The minimum absolute atomic E-state index is 0.0159. The molecule has 3 heterocycles. The van der Waals surface area contributed by atoms with Gasteiger partial charge in [0.1, 0.15) is 34.8 Å². The van der Waals surface area contributed by atoms with E-state index < -0.39 is 29.2 Å². The highest BCUT2D eigenvalue weighted by atomic mass is 32.2. The number of β-lactam (4-membered cyclic amide) rings is 1. The van der Waals surface area contributed by atoms with Crippen LogP contribution in [0.2, 0.25) is 0 Å². The zero-order chi connectivity index (χ0) is 22.3. The number of carboxylic acids is 1. The van der Waals surface area contributed by atoms with Crippen LogP contribution >= 0.6 is 23.1 Å². The molecule has 9 nitrogen and oxygen atoms in total. The van der Waals surface area contributed by atoms with Crippen molar-refractivity contribution in [2.75, 3.05) is 20.0 Å². The third-order valence-electron chi connectivity index (χ3n) is 5.01. The van der Waals surface area contributed by atoms with Gasteiger partial charge in [0.05, 0.1) is 7.11 Å². The van der Waals surface area contributed by atoms with Crippen LogP contribution in [0, 0.1) is 0 Å². The monoisotopic (exact) mass is 461 g/mol. The Kier molecular flexibility index (Phi) is 5.63. The lowest BCUT2D eigenvalue weighted by molar-refractivity contribution is -0.150. The van der Waals surface area contributed by atoms with Gasteiger partial charge in [-0.1, -0.05) is 17.3 Å². The van der Waals surface area contributed by atoms with E-state index in [1.807, 2.05) is 24.3 Å². The fourth-order valence-corrected chi connectivity index (χ4v) is 6.09. The number of fused-ring (bicyclic) bond motifs is 2. The number of carbonyl (C=O) groups excluding carboxylic acids is 2. The van der Waals surface area contributed by atoms with Crippen molar-refractivity contribution >= 4 is 56.7 Å². The van der Waals surface area contributed by atoms with E-state index in [4.69, 9.17) is 9.57 Å². The number of carboxylic acid groups (broad SMARTS) is 1. The maximum Gasteiger partial charge on any atom is 0.352 e. The Bertz CT molecular complexity index is 1150. The summed E-state index contributed by atoms with van der Waals surface area (Å²) in [4.78, 5) is 43.9. The Hall–Kier alpha value is -3.05. The number of nitrogens with zero attached hydrogens (tertiary/aromatic N) is 2. The first-order chi connectivity index (χ1) is 14.9. The van der Waals surface area contributed by atoms with Gasteiger partial charge in [0, 0.05) is 15.8 Å². The molecule has 0 saturated carbocycles. The quantitative estimate of drug-likeness (QED) is 0.384. The molecule has 2 N–H and O–H groups in total. The Balaban J connectivity index is 1.62. The van der Waals surface area contributed by atoms with Crippen LogP contribution in [0.4, 0.5) is 0 Å². The number of thiophene rings is 1. The summed E-state index contributed by atoms with van der Waals surface area (Å²) in [6.45, 7) is 1.68. The third kappa shape index (κ3) is 3.43. The Morgan fingerprint density at radius 2 is 2.03 bits per heavy atom. The minimum Gasteiger partial charge on any atom is -0.495 e. The van der Waals surface area contributed by atoms with Crippen molar-refractivity contribution in [3.63, 3.8) is 0 Å². The van der Waals surface area contributed by atoms with Crippen LogP contribution in [0.15, 0.2) is 40.7 Å². The number of benzene rings is 1. The van der Waals surface area contributed by atoms with Crippen molar-refractivity contribution in [2.45, 2.75) is 18.3 Å². The number of methoxy groups -OCH3 is 1. The molecule has 2 aliphatic rings. The van der Waals surface area contributed by atoms with Crippen LogP contribution in [0.25, 0.3) is 10.1 Å². The number of carbonyl (C=O) groups is 3. The highest BCUT2D eigenvalue weighted by molar-refractivity contribution is 8.00. The Morgan fingerprint density at radius 3 is 2.71 bits per heavy atom. The molecular weight excluding hydrogens is 442 g/mol. The number of rotatable bonds is 6. The third-order valence-corrected chi connectivity index (χ3v) is 7.60. The summed E-state index contributed by atoms with van der Waals surface area (Å²) in [6.07, 6.45) is 0. The molecule has 1 aromatic heterocycles. The molecule has 0 radical (unpaired) electrons. The molecule has 2 amide bonds. The van der Waals surface area contributed by atoms with Crippen molar-refractivity contribution in [1.29, 1.82) is 0 Å². The number of ether oxygens (including phenoxy) is 1. The van der Waals surface area contributed by atoms with Crippen LogP contribution in [0.1, 0.15) is 11.8 Å². The molecule has 162 valence electrons. The minimum atomic E-state index is -1.16. The summed E-state index contributed by atoms with van der Waals surface area (Å²) < 4.78 is 6.43. The van der Waals surface area contributed by atoms with Crippen LogP contribution in [-0.2, 0) is 19.2 Å². The lowest BCUT2D eigenvalue weighted by atomic mass is 10.0. The number of thioether (sulfide) groups is 1. The van der Waals surface area contributed by atoms with Crippen molar-refractivity contribution in [3.8, 4) is 5.75 Å². The summed E-state index contributed by atoms with van der Waals surface area (Å²) in [5.41, 5.74) is 0.581. The van der Waals surface area contributed by atoms with Gasteiger partial charge in [-0.25, -0.2) is 4.79 Å². The average Bonchev–Trinajstić information content (AvgIpc) is 3.13. The molecule has 11 heteroatoms. The molecule has 2 atom stereocenters. The molecule has 1 saturated heterocycles. The van der Waals surface area contributed by atoms with Crippen LogP contribution in [-0.4, -0.2) is 64.9 Å². The van der Waals surface area contributed by atoms with Crippen LogP contribution < -0.4 is 10.1 Å². The second-order valence-electron chi connectivity index (χ2n) is 6.88. The highest BCUT2D eigenvalue weighted by Gasteiger charge is 2.54. The first kappa shape index (κ1) is 21.2. The predicted molar refractivity (Wildman–Crippen MR) is 117 cm³/mol. The van der Waals surface area contributed by atoms with Gasteiger partial charge in [0.25, 0.3) is 11.8 Å². The van der Waals surface area contributed by atoms with E-state index in [2.05, 4.69) is 10.5 Å². The van der Waals surface area contributed by atoms with Crippen LogP contribution in [0.5, 0.6) is 5.75 Å². The number of hydrogen-bond donors (Lipinski definition) is 2. The topological polar surface area (TPSA) is 118 Å². The SMILES string of the molecule is CON=C(C(=O)NC1C(=O)N2C(C(=O)O)=C(C)CS[C@@H]12)c1sc2ccccc2c1OC. The molecular formula is C20H19N3O6S2. The van der Waals surface area contributed by atoms with E-state index in [1.165, 1.54) is 42.2 Å². The van der Waals surface area contributed by atoms with E-state index in [-0.39, 0.29) is 11.4 Å². The largest absolute Gasteiger partial charge is 0.495 e. The molecule has 1 fully saturated rings. The standard InChI is InChI=1S/C20H19N3O6S2/c1-9-8-30-19-13(18(25)23(19)14(9)20(26)27)21-17(24)12(22-29-3)16-15(28-2)10-6-4-5-7-11(10)31-16/h4-7,13,19H,8H2,1-3H3,(H,21,24)(H,26,27)/t13?,19-/m0/s1. The number of amides is 2. The van der Waals surface area contributed by atoms with Crippen molar-refractivity contribution in [2.24, 2.45) is 5.16 Å². The van der Waals surface area contributed by atoms with Gasteiger partial charge < -0.3 is 20.0 Å². The second kappa shape index (κ2) is 8.23. The molecule has 2 aliphatic heterocycles. The van der Waals surface area contributed by atoms with Gasteiger partial charge in [-0.3, -0.25) is 14.5 Å². The first-order valence-corrected chi connectivity index (χ1v) is 11.1. The highest BCUT2D eigenvalue weighted by Crippen LogP contribution is 2.41. The molecule has 31 heavy (non-hydrogen) atoms. The van der Waals surface area contributed by atoms with E-state index in [9.17, 15) is 19.5 Å². The van der Waals surface area contributed by atoms with Gasteiger partial charge in [0.2, 0.25) is 0 Å². The van der Waals surface area contributed by atoms with Crippen LogP contribution in [0.3, 0.4) is 0 Å². The van der Waals surface area contributed by atoms with Gasteiger partial charge in [-0.2, -0.15) is 0 Å². The predicted octanol–water partition coefficient (Wildman–Crippen LogP) is 2.02. The lowest BCUT2D eigenvalue weighted by Gasteiger charge is -2.49. The second-order valence-corrected chi connectivity index (χ2v) is 9.04. The fraction of sp³-hybridized carbons (Fsp3) is 0.300. The first-order valence-electron chi connectivity index (χ1n) is 9.24. The van der Waals surface area contributed by atoms with Gasteiger partial charge in [0.15, 0.2) is 5.71 Å². The van der Waals surface area contributed by atoms with E-state index >= 15 is 0 Å². The molecule has 0 spiro atoms. The molecule has 1 aromatic carbocycles. The fourth-order valence-electron chi connectivity index (χ4n) is 3.64. The van der Waals surface area contributed by atoms with Crippen molar-refractivity contribution in [1.82, 2.24) is 10.2 Å². The average molecular weight is 462 g/mol. The number of oxime groups is 1. The van der Waals surface area contributed by atoms with Gasteiger partial charge in [-0.05, 0) is 24.6 Å². The summed E-state index contributed by atoms with van der Waals surface area (Å²) in [7, 11) is 2.83. The molecule has 0 aliphatic carbocycles. The molecule has 1 unspecified atom stereocenters. The summed E-state index contributed by atoms with van der Waals surface area (Å²) in [5.74, 6) is -1.27. The normalized spacial score (nSPS) is 20.9. The van der Waals surface area contributed by atoms with E-state index in [0.717, 1.165) is 10.1 Å². The van der Waals surface area contributed by atoms with Crippen molar-refractivity contribution in [3.05, 3.63) is 40.4 Å². The number of nitrogens with one attached hydrogen (secondary N) is 1. The zero-order valence-electron chi connectivity index (χ0n) is 16.9. The Labute approximate surface area is 185 Å². The van der Waals surface area contributed by atoms with E-state index in [0.29, 0.717) is 22.0 Å². The summed E-state index contributed by atoms with van der Waals surface area (Å²) >= 11 is 2.73. The smallest absolute Gasteiger partial charge is 0.352 e. The summed E-state index contributed by atoms with van der Waals surface area (Å²) in [5, 5.41) is 16.4. The molecule has 0 bridgehead atoms. The number of hydrogen-bond acceptors (Lipinski definition) is 8. The lowest BCUT2D eigenvalue weighted by Crippen LogP contribution is -2.71. The Morgan fingerprint density at radius 1 is 1.29 bits per heavy atom. The molecule has 4 rings (SSSR count). The zero-order valence-corrected chi connectivity index (χ0v) is 18.5. The van der Waals surface area contributed by atoms with E-state index in [1.54, 1.807) is 6.92 Å². The van der Waals surface area contributed by atoms with Gasteiger partial charge in [-0.15, -0.1) is 23.1 Å². The number of aliphatic carboxylic acids is 1. The van der Waals surface area contributed by atoms with Crippen molar-refractivity contribution < 1.29 is 29.1 Å².